The number of benzene rings is 1. The van der Waals surface area contributed by atoms with Crippen LogP contribution in [0.15, 0.2) is 30.9 Å². The second-order valence-corrected chi connectivity index (χ2v) is 13.1. The van der Waals surface area contributed by atoms with Crippen molar-refractivity contribution in [2.24, 2.45) is 11.3 Å². The van der Waals surface area contributed by atoms with Gasteiger partial charge in [0.15, 0.2) is 6.35 Å². The summed E-state index contributed by atoms with van der Waals surface area (Å²) in [5.41, 5.74) is 2.65. The van der Waals surface area contributed by atoms with E-state index in [1.807, 2.05) is 11.0 Å². The highest BCUT2D eigenvalue weighted by Crippen LogP contribution is 2.49. The summed E-state index contributed by atoms with van der Waals surface area (Å²) in [4.78, 5) is 19.2. The Hall–Kier alpha value is -2.35. The molecule has 1 aromatic rings. The topological polar surface area (TPSA) is 83.9 Å². The summed E-state index contributed by atoms with van der Waals surface area (Å²) in [5, 5.41) is 17.2. The number of nitriles is 1. The van der Waals surface area contributed by atoms with E-state index in [0.717, 1.165) is 58.0 Å². The van der Waals surface area contributed by atoms with E-state index in [-0.39, 0.29) is 41.7 Å². The number of ether oxygens (including phenoxy) is 1. The minimum Gasteiger partial charge on any atom is -0.348 e. The van der Waals surface area contributed by atoms with Crippen LogP contribution in [0.25, 0.3) is 0 Å². The van der Waals surface area contributed by atoms with Gasteiger partial charge in [0, 0.05) is 37.6 Å². The molecule has 3 aliphatic heterocycles. The van der Waals surface area contributed by atoms with Crippen molar-refractivity contribution in [1.29, 1.82) is 5.26 Å². The van der Waals surface area contributed by atoms with Gasteiger partial charge in [0.1, 0.15) is 5.82 Å². The Labute approximate surface area is 243 Å². The SMILES string of the molecule is C=CC(=O)N1CCN(C2NC(OC[C@H]3CCCN3C)NC3C[C@@]4(CCc5ccc(F)cc5C4)CCC32)C[C@H]1CC#N. The molecule has 3 saturated heterocycles. The highest BCUT2D eigenvalue weighted by molar-refractivity contribution is 5.87. The van der Waals surface area contributed by atoms with Gasteiger partial charge in [-0.15, -0.1) is 0 Å². The molecule has 1 aromatic carbocycles. The van der Waals surface area contributed by atoms with Gasteiger partial charge < -0.3 is 14.5 Å². The zero-order valence-corrected chi connectivity index (χ0v) is 24.4. The molecule has 1 saturated carbocycles. The Morgan fingerprint density at radius 2 is 2.10 bits per heavy atom. The molecule has 4 fully saturated rings. The van der Waals surface area contributed by atoms with Crippen molar-refractivity contribution < 1.29 is 13.9 Å². The van der Waals surface area contributed by atoms with Gasteiger partial charge >= 0.3 is 0 Å². The van der Waals surface area contributed by atoms with Crippen molar-refractivity contribution >= 4 is 5.91 Å². The number of fused-ring (bicyclic) bond motifs is 2. The van der Waals surface area contributed by atoms with E-state index < -0.39 is 0 Å². The van der Waals surface area contributed by atoms with E-state index in [4.69, 9.17) is 4.74 Å². The number of nitrogens with one attached hydrogen (secondary N) is 2. The molecule has 7 atom stereocenters. The van der Waals surface area contributed by atoms with Gasteiger partial charge in [-0.3, -0.25) is 20.3 Å². The van der Waals surface area contributed by atoms with Crippen LogP contribution in [-0.2, 0) is 22.4 Å². The minimum atomic E-state index is -0.263. The summed E-state index contributed by atoms with van der Waals surface area (Å²) in [5.74, 6) is 0.144. The van der Waals surface area contributed by atoms with Gasteiger partial charge in [0.25, 0.3) is 0 Å². The summed E-state index contributed by atoms with van der Waals surface area (Å²) in [7, 11) is 2.18. The number of hydrogen-bond donors (Lipinski definition) is 2. The third kappa shape index (κ3) is 5.95. The molecule has 0 aromatic heterocycles. The van der Waals surface area contributed by atoms with E-state index in [0.29, 0.717) is 38.1 Å². The Balaban J connectivity index is 1.21. The highest BCUT2D eigenvalue weighted by Gasteiger charge is 2.50. The molecule has 4 unspecified atom stereocenters. The first kappa shape index (κ1) is 28.8. The van der Waals surface area contributed by atoms with Crippen molar-refractivity contribution in [3.05, 3.63) is 47.8 Å². The second-order valence-electron chi connectivity index (χ2n) is 13.1. The zero-order chi connectivity index (χ0) is 28.6. The molecule has 41 heavy (non-hydrogen) atoms. The lowest BCUT2D eigenvalue weighted by molar-refractivity contribution is -0.137. The number of aryl methyl sites for hydroxylation is 1. The minimum absolute atomic E-state index is 0.0976. The summed E-state index contributed by atoms with van der Waals surface area (Å²) >= 11 is 0. The van der Waals surface area contributed by atoms with Crippen LogP contribution in [0.3, 0.4) is 0 Å². The average molecular weight is 565 g/mol. The molecule has 2 N–H and O–H groups in total. The smallest absolute Gasteiger partial charge is 0.246 e. The fraction of sp³-hybridized carbons (Fsp3) is 0.688. The summed E-state index contributed by atoms with van der Waals surface area (Å²) < 4.78 is 20.7. The number of piperazine rings is 1. The van der Waals surface area contributed by atoms with Crippen LogP contribution in [0.1, 0.15) is 56.1 Å². The first-order valence-electron chi connectivity index (χ1n) is 15.5. The third-order valence-electron chi connectivity index (χ3n) is 10.7. The Bertz CT molecular complexity index is 1170. The monoisotopic (exact) mass is 564 g/mol. The molecule has 222 valence electrons. The van der Waals surface area contributed by atoms with Gasteiger partial charge in [0.05, 0.1) is 31.3 Å². The number of amides is 1. The predicted octanol–water partition coefficient (Wildman–Crippen LogP) is 3.00. The van der Waals surface area contributed by atoms with Crippen molar-refractivity contribution in [3.63, 3.8) is 0 Å². The number of halogens is 1. The highest BCUT2D eigenvalue weighted by atomic mass is 19.1. The maximum absolute atomic E-state index is 14.2. The maximum Gasteiger partial charge on any atom is 0.246 e. The molecule has 6 rings (SSSR count). The number of carbonyl (C=O) groups excluding carboxylic acids is 1. The van der Waals surface area contributed by atoms with E-state index in [1.54, 1.807) is 12.1 Å². The van der Waals surface area contributed by atoms with E-state index in [9.17, 15) is 14.4 Å². The number of carbonyl (C=O) groups is 1. The molecule has 3 heterocycles. The normalized spacial score (nSPS) is 36.0. The number of hydrogen-bond acceptors (Lipinski definition) is 7. The molecule has 0 bridgehead atoms. The van der Waals surface area contributed by atoms with E-state index in [2.05, 4.69) is 40.1 Å². The Kier molecular flexibility index (Phi) is 8.49. The molecule has 2 aliphatic carbocycles. The first-order valence-corrected chi connectivity index (χ1v) is 15.5. The average Bonchev–Trinajstić information content (AvgIpc) is 3.39. The van der Waals surface area contributed by atoms with Gasteiger partial charge in [0.2, 0.25) is 5.91 Å². The molecule has 1 amide bonds. The standard InChI is InChI=1S/C32H45FN6O2/c1-3-29(40)39-16-15-38(20-25(39)10-13-34)30-27-9-12-32(11-8-22-6-7-24(33)17-23(22)18-32)19-28(27)35-31(36-30)41-21-26-5-4-14-37(26)2/h3,6-7,17,25-28,30-31,35-36H,1,4-5,8-12,14-16,18-21H2,2H3/t25-,26-,27?,28?,30?,31?,32+/m1/s1. The molecule has 8 nitrogen and oxygen atoms in total. The number of likely N-dealkylation sites (N-methyl/N-ethyl adjacent to an activating group) is 1. The largest absolute Gasteiger partial charge is 0.348 e. The van der Waals surface area contributed by atoms with Crippen LogP contribution in [0, 0.1) is 28.5 Å². The fourth-order valence-electron chi connectivity index (χ4n) is 8.45. The van der Waals surface area contributed by atoms with Crippen molar-refractivity contribution in [3.8, 4) is 6.07 Å². The lowest BCUT2D eigenvalue weighted by atomic mass is 9.59. The second kappa shape index (κ2) is 12.1. The molecule has 0 radical (unpaired) electrons. The van der Waals surface area contributed by atoms with E-state index in [1.165, 1.54) is 23.6 Å². The molecule has 1 spiro atoms. The summed E-state index contributed by atoms with van der Waals surface area (Å²) in [6.45, 7) is 7.46. The molecule has 9 heteroatoms. The molecular weight excluding hydrogens is 519 g/mol. The van der Waals surface area contributed by atoms with Crippen molar-refractivity contribution in [2.75, 3.05) is 39.8 Å². The van der Waals surface area contributed by atoms with Crippen molar-refractivity contribution in [1.82, 2.24) is 25.3 Å². The van der Waals surface area contributed by atoms with Crippen molar-refractivity contribution in [2.45, 2.75) is 88.4 Å². The van der Waals surface area contributed by atoms with Crippen LogP contribution in [0.4, 0.5) is 4.39 Å². The van der Waals surface area contributed by atoms with Gasteiger partial charge in [-0.25, -0.2) is 4.39 Å². The summed E-state index contributed by atoms with van der Waals surface area (Å²) in [6.07, 6.45) is 10.2. The lowest BCUT2D eigenvalue weighted by Crippen LogP contribution is -2.72. The van der Waals surface area contributed by atoms with Crippen LogP contribution in [0.5, 0.6) is 0 Å². The Morgan fingerprint density at radius 3 is 2.88 bits per heavy atom. The number of likely N-dealkylation sites (tertiary alicyclic amines) is 1. The van der Waals surface area contributed by atoms with Crippen LogP contribution >= 0.6 is 0 Å². The summed E-state index contributed by atoms with van der Waals surface area (Å²) in [6, 6.07) is 8.18. The maximum atomic E-state index is 14.2. The van der Waals surface area contributed by atoms with Gasteiger partial charge in [-0.05, 0) is 99.7 Å². The first-order chi connectivity index (χ1) is 19.9. The molecule has 5 aliphatic rings. The Morgan fingerprint density at radius 1 is 1.22 bits per heavy atom. The quantitative estimate of drug-likeness (QED) is 0.514. The van der Waals surface area contributed by atoms with Gasteiger partial charge in [-0.1, -0.05) is 12.6 Å². The van der Waals surface area contributed by atoms with Crippen LogP contribution in [0.2, 0.25) is 0 Å². The van der Waals surface area contributed by atoms with Crippen LogP contribution < -0.4 is 10.6 Å². The number of nitrogens with zero attached hydrogens (tertiary/aromatic N) is 4. The third-order valence-corrected chi connectivity index (χ3v) is 10.7. The lowest BCUT2D eigenvalue weighted by Gasteiger charge is -2.56. The van der Waals surface area contributed by atoms with Crippen LogP contribution in [-0.4, -0.2) is 91.1 Å². The fourth-order valence-corrected chi connectivity index (χ4v) is 8.45. The predicted molar refractivity (Wildman–Crippen MR) is 155 cm³/mol. The molecular formula is C32H45FN6O2. The zero-order valence-electron chi connectivity index (χ0n) is 24.4. The number of rotatable bonds is 6. The van der Waals surface area contributed by atoms with E-state index >= 15 is 0 Å². The van der Waals surface area contributed by atoms with Gasteiger partial charge in [-0.2, -0.15) is 5.26 Å².